The minimum Gasteiger partial charge on any atom is -0.486 e. The van der Waals surface area contributed by atoms with Crippen molar-refractivity contribution in [2.75, 3.05) is 13.7 Å². The molecule has 0 saturated carbocycles. The SMILES string of the molecule is COC(=O)c1cc(Cl)c2c(c1)CC(CNC(=O)c1c(-c3ccccc3)noc1C)O2. The molecule has 4 rings (SSSR count). The van der Waals surface area contributed by atoms with E-state index in [1.165, 1.54) is 13.2 Å². The van der Waals surface area contributed by atoms with Crippen LogP contribution in [0.4, 0.5) is 0 Å². The number of rotatable bonds is 5. The number of carbonyl (C=O) groups excluding carboxylic acids is 2. The number of methoxy groups -OCH3 is 1. The van der Waals surface area contributed by atoms with E-state index in [-0.39, 0.29) is 18.6 Å². The van der Waals surface area contributed by atoms with Crippen molar-refractivity contribution in [1.82, 2.24) is 10.5 Å². The maximum atomic E-state index is 12.8. The van der Waals surface area contributed by atoms with Gasteiger partial charge in [-0.3, -0.25) is 4.79 Å². The van der Waals surface area contributed by atoms with Crippen molar-refractivity contribution >= 4 is 23.5 Å². The van der Waals surface area contributed by atoms with E-state index in [0.29, 0.717) is 39.8 Å². The van der Waals surface area contributed by atoms with Crippen molar-refractivity contribution < 1.29 is 23.6 Å². The highest BCUT2D eigenvalue weighted by molar-refractivity contribution is 6.32. The summed E-state index contributed by atoms with van der Waals surface area (Å²) < 4.78 is 15.9. The Hall–Kier alpha value is -3.32. The van der Waals surface area contributed by atoms with E-state index in [2.05, 4.69) is 10.5 Å². The van der Waals surface area contributed by atoms with Crippen LogP contribution < -0.4 is 10.1 Å². The zero-order valence-corrected chi connectivity index (χ0v) is 17.2. The molecular formula is C22H19ClN2O5. The van der Waals surface area contributed by atoms with Gasteiger partial charge in [0.15, 0.2) is 0 Å². The molecule has 1 unspecified atom stereocenters. The number of benzene rings is 2. The lowest BCUT2D eigenvalue weighted by atomic mass is 10.0. The van der Waals surface area contributed by atoms with Crippen LogP contribution in [0.2, 0.25) is 5.02 Å². The average Bonchev–Trinajstić information content (AvgIpc) is 3.35. The van der Waals surface area contributed by atoms with E-state index >= 15 is 0 Å². The number of amides is 1. The summed E-state index contributed by atoms with van der Waals surface area (Å²) in [6.45, 7) is 1.96. The third-order valence-corrected chi connectivity index (χ3v) is 5.18. The molecule has 0 saturated heterocycles. The third-order valence-electron chi connectivity index (χ3n) is 4.90. The molecule has 1 aromatic heterocycles. The zero-order valence-electron chi connectivity index (χ0n) is 16.4. The van der Waals surface area contributed by atoms with Gasteiger partial charge >= 0.3 is 5.97 Å². The molecule has 2 aromatic carbocycles. The summed E-state index contributed by atoms with van der Waals surface area (Å²) >= 11 is 6.25. The highest BCUT2D eigenvalue weighted by Gasteiger charge is 2.28. The number of esters is 1. The summed E-state index contributed by atoms with van der Waals surface area (Å²) in [5, 5.41) is 7.26. The van der Waals surface area contributed by atoms with Crippen LogP contribution in [0.1, 0.15) is 32.0 Å². The Kier molecular flexibility index (Phi) is 5.46. The largest absolute Gasteiger partial charge is 0.486 e. The van der Waals surface area contributed by atoms with Crippen molar-refractivity contribution in [3.63, 3.8) is 0 Å². The lowest BCUT2D eigenvalue weighted by molar-refractivity contribution is 0.0600. The normalized spacial score (nSPS) is 14.7. The molecule has 1 aliphatic heterocycles. The maximum Gasteiger partial charge on any atom is 0.337 e. The monoisotopic (exact) mass is 426 g/mol. The summed E-state index contributed by atoms with van der Waals surface area (Å²) in [7, 11) is 1.31. The number of fused-ring (bicyclic) bond motifs is 1. The summed E-state index contributed by atoms with van der Waals surface area (Å²) in [4.78, 5) is 24.6. The highest BCUT2D eigenvalue weighted by atomic mass is 35.5. The fraction of sp³-hybridized carbons (Fsp3) is 0.227. The minimum atomic E-state index is -0.465. The van der Waals surface area contributed by atoms with Crippen LogP contribution in [0, 0.1) is 6.92 Å². The molecule has 0 aliphatic carbocycles. The van der Waals surface area contributed by atoms with Crippen LogP contribution in [-0.2, 0) is 11.2 Å². The van der Waals surface area contributed by atoms with E-state index in [4.69, 9.17) is 25.6 Å². The first-order chi connectivity index (χ1) is 14.5. The quantitative estimate of drug-likeness (QED) is 0.623. The molecule has 1 atom stereocenters. The maximum absolute atomic E-state index is 12.8. The Labute approximate surface area is 177 Å². The molecular weight excluding hydrogens is 408 g/mol. The summed E-state index contributed by atoms with van der Waals surface area (Å²) in [5.41, 5.74) is 2.84. The number of aryl methyl sites for hydroxylation is 1. The number of hydrogen-bond donors (Lipinski definition) is 1. The van der Waals surface area contributed by atoms with Crippen molar-refractivity contribution in [1.29, 1.82) is 0 Å². The standard InChI is InChI=1S/C22H19ClN2O5/c1-12-18(19(25-30-12)13-6-4-3-5-7-13)21(26)24-11-16-9-14-8-15(22(27)28-2)10-17(23)20(14)29-16/h3-8,10,16H,9,11H2,1-2H3,(H,24,26). The van der Waals surface area contributed by atoms with Crippen molar-refractivity contribution in [2.45, 2.75) is 19.4 Å². The van der Waals surface area contributed by atoms with Gasteiger partial charge in [-0.25, -0.2) is 4.79 Å². The molecule has 1 amide bonds. The molecule has 154 valence electrons. The van der Waals surface area contributed by atoms with Crippen LogP contribution >= 0.6 is 11.6 Å². The van der Waals surface area contributed by atoms with E-state index in [1.807, 2.05) is 30.3 Å². The first kappa shape index (κ1) is 20.0. The molecule has 2 heterocycles. The van der Waals surface area contributed by atoms with Gasteiger partial charge < -0.3 is 19.3 Å². The Bertz CT molecular complexity index is 1110. The van der Waals surface area contributed by atoms with Crippen LogP contribution in [-0.4, -0.2) is 36.8 Å². The molecule has 1 aliphatic rings. The first-order valence-corrected chi connectivity index (χ1v) is 9.73. The lowest BCUT2D eigenvalue weighted by Gasteiger charge is -2.12. The Morgan fingerprint density at radius 2 is 2.03 bits per heavy atom. The van der Waals surface area contributed by atoms with Gasteiger partial charge in [0.25, 0.3) is 5.91 Å². The summed E-state index contributed by atoms with van der Waals surface area (Å²) in [6, 6.07) is 12.6. The Balaban J connectivity index is 1.46. The molecule has 0 bridgehead atoms. The molecule has 30 heavy (non-hydrogen) atoms. The van der Waals surface area contributed by atoms with Crippen LogP contribution in [0.3, 0.4) is 0 Å². The van der Waals surface area contributed by atoms with Gasteiger partial charge in [-0.15, -0.1) is 0 Å². The zero-order chi connectivity index (χ0) is 21.3. The first-order valence-electron chi connectivity index (χ1n) is 9.35. The Morgan fingerprint density at radius 3 is 2.77 bits per heavy atom. The number of nitrogens with zero attached hydrogens (tertiary/aromatic N) is 1. The minimum absolute atomic E-state index is 0.260. The fourth-order valence-corrected chi connectivity index (χ4v) is 3.75. The topological polar surface area (TPSA) is 90.7 Å². The van der Waals surface area contributed by atoms with Gasteiger partial charge in [0, 0.05) is 17.5 Å². The smallest absolute Gasteiger partial charge is 0.337 e. The third kappa shape index (κ3) is 3.76. The van der Waals surface area contributed by atoms with E-state index in [9.17, 15) is 9.59 Å². The predicted molar refractivity (Wildman–Crippen MR) is 110 cm³/mol. The van der Waals surface area contributed by atoms with Gasteiger partial charge in [-0.1, -0.05) is 47.1 Å². The van der Waals surface area contributed by atoms with Crippen molar-refractivity contribution in [2.24, 2.45) is 0 Å². The second-order valence-corrected chi connectivity index (χ2v) is 7.33. The lowest BCUT2D eigenvalue weighted by Crippen LogP contribution is -2.34. The predicted octanol–water partition coefficient (Wildman–Crippen LogP) is 3.82. The van der Waals surface area contributed by atoms with Crippen molar-refractivity contribution in [3.05, 3.63) is 69.9 Å². The average molecular weight is 427 g/mol. The summed E-state index contributed by atoms with van der Waals surface area (Å²) in [5.74, 6) is 0.198. The van der Waals surface area contributed by atoms with E-state index in [0.717, 1.165) is 11.1 Å². The van der Waals surface area contributed by atoms with Gasteiger partial charge in [0.1, 0.15) is 28.9 Å². The molecule has 0 spiro atoms. The van der Waals surface area contributed by atoms with Crippen LogP contribution in [0.15, 0.2) is 47.0 Å². The number of halogens is 1. The molecule has 8 heteroatoms. The number of nitrogens with one attached hydrogen (secondary N) is 1. The van der Waals surface area contributed by atoms with E-state index < -0.39 is 5.97 Å². The second kappa shape index (κ2) is 8.20. The van der Waals surface area contributed by atoms with Crippen molar-refractivity contribution in [3.8, 4) is 17.0 Å². The molecule has 7 nitrogen and oxygen atoms in total. The molecule has 0 radical (unpaired) electrons. The highest BCUT2D eigenvalue weighted by Crippen LogP contribution is 2.37. The second-order valence-electron chi connectivity index (χ2n) is 6.92. The number of carbonyl (C=O) groups is 2. The van der Waals surface area contributed by atoms with Gasteiger partial charge in [0.2, 0.25) is 0 Å². The van der Waals surface area contributed by atoms with Gasteiger partial charge in [-0.05, 0) is 19.1 Å². The molecule has 3 aromatic rings. The molecule has 0 fully saturated rings. The van der Waals surface area contributed by atoms with Crippen LogP contribution in [0.5, 0.6) is 5.75 Å². The molecule has 1 N–H and O–H groups in total. The number of aromatic nitrogens is 1. The van der Waals surface area contributed by atoms with Gasteiger partial charge in [0.05, 0.1) is 24.2 Å². The number of ether oxygens (including phenoxy) is 2. The fourth-order valence-electron chi connectivity index (χ4n) is 3.46. The summed E-state index contributed by atoms with van der Waals surface area (Å²) in [6.07, 6.45) is 0.198. The van der Waals surface area contributed by atoms with Gasteiger partial charge in [-0.2, -0.15) is 0 Å². The van der Waals surface area contributed by atoms with Crippen LogP contribution in [0.25, 0.3) is 11.3 Å². The Morgan fingerprint density at radius 1 is 1.27 bits per heavy atom. The number of hydrogen-bond acceptors (Lipinski definition) is 6. The van der Waals surface area contributed by atoms with E-state index in [1.54, 1.807) is 13.0 Å².